The molecule has 1 N–H and O–H groups in total. The Morgan fingerprint density at radius 3 is 2.17 bits per heavy atom. The van der Waals surface area contributed by atoms with E-state index in [9.17, 15) is 9.59 Å². The van der Waals surface area contributed by atoms with Crippen LogP contribution in [0.5, 0.6) is 0 Å². The van der Waals surface area contributed by atoms with Crippen LogP contribution in [0.2, 0.25) is 0 Å². The lowest BCUT2D eigenvalue weighted by molar-refractivity contribution is -0.146. The first kappa shape index (κ1) is 10.7. The molecule has 0 bridgehead atoms. The minimum atomic E-state index is -1.02. The fourth-order valence-corrected chi connectivity index (χ4v) is 0.643. The number of rotatable bonds is 3. The van der Waals surface area contributed by atoms with Crippen LogP contribution in [0, 0.1) is 0 Å². The molecule has 0 fully saturated rings. The van der Waals surface area contributed by atoms with Crippen LogP contribution in [0.15, 0.2) is 12.2 Å². The molecule has 0 rings (SSSR count). The molecule has 0 saturated carbocycles. The van der Waals surface area contributed by atoms with Crippen molar-refractivity contribution in [2.75, 3.05) is 7.05 Å². The topological polar surface area (TPSA) is 57.6 Å². The summed E-state index contributed by atoms with van der Waals surface area (Å²) < 4.78 is 0. The summed E-state index contributed by atoms with van der Waals surface area (Å²) in [5.41, 5.74) is 0.339. The number of carbonyl (C=O) groups is 2. The van der Waals surface area contributed by atoms with Crippen LogP contribution in [0.4, 0.5) is 0 Å². The van der Waals surface area contributed by atoms with Gasteiger partial charge in [0.2, 0.25) is 5.91 Å². The van der Waals surface area contributed by atoms with Crippen molar-refractivity contribution in [1.29, 1.82) is 0 Å². The van der Waals surface area contributed by atoms with Crippen molar-refractivity contribution in [2.24, 2.45) is 0 Å². The monoisotopic (exact) mass is 171 g/mol. The van der Waals surface area contributed by atoms with Crippen molar-refractivity contribution in [3.8, 4) is 0 Å². The first-order valence-electron chi connectivity index (χ1n) is 3.53. The molecule has 1 amide bonds. The summed E-state index contributed by atoms with van der Waals surface area (Å²) in [6, 6.07) is -0.811. The Labute approximate surface area is 71.5 Å². The summed E-state index contributed by atoms with van der Waals surface area (Å²) in [4.78, 5) is 22.7. The van der Waals surface area contributed by atoms with Crippen LogP contribution >= 0.6 is 0 Å². The molecule has 0 spiro atoms. The zero-order chi connectivity index (χ0) is 9.89. The molecule has 0 aromatic rings. The van der Waals surface area contributed by atoms with E-state index in [0.29, 0.717) is 5.57 Å². The summed E-state index contributed by atoms with van der Waals surface area (Å²) in [5.74, 6) is -1.36. The second-order valence-electron chi connectivity index (χ2n) is 2.71. The summed E-state index contributed by atoms with van der Waals surface area (Å²) >= 11 is 0. The highest BCUT2D eigenvalue weighted by atomic mass is 16.4. The van der Waals surface area contributed by atoms with Gasteiger partial charge in [0.25, 0.3) is 0 Å². The lowest BCUT2D eigenvalue weighted by Gasteiger charge is -2.21. The van der Waals surface area contributed by atoms with Gasteiger partial charge in [-0.15, -0.1) is 0 Å². The number of carbonyl (C=O) groups excluding carboxylic acids is 1. The quantitative estimate of drug-likeness (QED) is 0.629. The largest absolute Gasteiger partial charge is 0.480 e. The van der Waals surface area contributed by atoms with Crippen molar-refractivity contribution in [3.05, 3.63) is 12.2 Å². The second kappa shape index (κ2) is 3.90. The fraction of sp³-hybridized carbons (Fsp3) is 0.500. The zero-order valence-corrected chi connectivity index (χ0v) is 7.50. The van der Waals surface area contributed by atoms with E-state index in [1.54, 1.807) is 6.92 Å². The molecule has 1 atom stereocenters. The summed E-state index contributed by atoms with van der Waals surface area (Å²) in [6.07, 6.45) is 0. The van der Waals surface area contributed by atoms with Crippen molar-refractivity contribution in [1.82, 2.24) is 4.90 Å². The zero-order valence-electron chi connectivity index (χ0n) is 7.50. The lowest BCUT2D eigenvalue weighted by atomic mass is 10.2. The van der Waals surface area contributed by atoms with Crippen LogP contribution in [-0.4, -0.2) is 35.0 Å². The maximum atomic E-state index is 11.2. The number of likely N-dealkylation sites (N-methyl/N-ethyl adjacent to an activating group) is 1. The van der Waals surface area contributed by atoms with Crippen molar-refractivity contribution in [2.45, 2.75) is 19.9 Å². The van der Waals surface area contributed by atoms with Gasteiger partial charge in [0.05, 0.1) is 0 Å². The van der Waals surface area contributed by atoms with Crippen molar-refractivity contribution >= 4 is 11.9 Å². The number of amides is 1. The van der Waals surface area contributed by atoms with Gasteiger partial charge in [0.1, 0.15) is 6.04 Å². The molecule has 0 aliphatic heterocycles. The molecule has 4 nitrogen and oxygen atoms in total. The Hall–Kier alpha value is -1.32. The SMILES string of the molecule is C=C(C)C(=O)N(C)C(C)C(=O)O. The van der Waals surface area contributed by atoms with E-state index < -0.39 is 12.0 Å². The van der Waals surface area contributed by atoms with Crippen molar-refractivity contribution < 1.29 is 14.7 Å². The van der Waals surface area contributed by atoms with Gasteiger partial charge < -0.3 is 10.0 Å². The summed E-state index contributed by atoms with van der Waals surface area (Å²) in [5, 5.41) is 8.56. The third-order valence-electron chi connectivity index (χ3n) is 1.62. The Bertz CT molecular complexity index is 222. The third kappa shape index (κ3) is 2.38. The first-order chi connectivity index (χ1) is 5.37. The second-order valence-corrected chi connectivity index (χ2v) is 2.71. The van der Waals surface area contributed by atoms with Crippen LogP contribution in [0.1, 0.15) is 13.8 Å². The Morgan fingerprint density at radius 2 is 1.92 bits per heavy atom. The van der Waals surface area contributed by atoms with Crippen LogP contribution < -0.4 is 0 Å². The highest BCUT2D eigenvalue weighted by molar-refractivity contribution is 5.94. The average Bonchev–Trinajstić information content (AvgIpc) is 2.00. The van der Waals surface area contributed by atoms with Gasteiger partial charge in [-0.3, -0.25) is 4.79 Å². The Balaban J connectivity index is 4.39. The van der Waals surface area contributed by atoms with Gasteiger partial charge in [-0.25, -0.2) is 4.79 Å². The molecule has 1 unspecified atom stereocenters. The minimum Gasteiger partial charge on any atom is -0.480 e. The molecule has 0 aliphatic carbocycles. The predicted molar refractivity (Wildman–Crippen MR) is 44.7 cm³/mol. The number of carboxylic acid groups (broad SMARTS) is 1. The molecule has 0 aromatic heterocycles. The van der Waals surface area contributed by atoms with Crippen molar-refractivity contribution in [3.63, 3.8) is 0 Å². The van der Waals surface area contributed by atoms with E-state index in [2.05, 4.69) is 6.58 Å². The van der Waals surface area contributed by atoms with Gasteiger partial charge in [-0.05, 0) is 13.8 Å². The van der Waals surface area contributed by atoms with Gasteiger partial charge in [-0.1, -0.05) is 6.58 Å². The number of nitrogens with zero attached hydrogens (tertiary/aromatic N) is 1. The number of aliphatic carboxylic acids is 1. The number of hydrogen-bond donors (Lipinski definition) is 1. The van der Waals surface area contributed by atoms with Gasteiger partial charge in [0.15, 0.2) is 0 Å². The summed E-state index contributed by atoms with van der Waals surface area (Å²) in [7, 11) is 1.44. The third-order valence-corrected chi connectivity index (χ3v) is 1.62. The van der Waals surface area contributed by atoms with E-state index in [-0.39, 0.29) is 5.91 Å². The lowest BCUT2D eigenvalue weighted by Crippen LogP contribution is -2.40. The summed E-state index contributed by atoms with van der Waals surface area (Å²) in [6.45, 7) is 6.43. The van der Waals surface area contributed by atoms with Crippen LogP contribution in [-0.2, 0) is 9.59 Å². The predicted octanol–water partition coefficient (Wildman–Crippen LogP) is 0.494. The number of carboxylic acids is 1. The first-order valence-corrected chi connectivity index (χ1v) is 3.53. The maximum absolute atomic E-state index is 11.2. The minimum absolute atomic E-state index is 0.339. The maximum Gasteiger partial charge on any atom is 0.326 e. The van der Waals surface area contributed by atoms with E-state index in [4.69, 9.17) is 5.11 Å². The van der Waals surface area contributed by atoms with E-state index in [1.165, 1.54) is 14.0 Å². The van der Waals surface area contributed by atoms with Crippen LogP contribution in [0.3, 0.4) is 0 Å². The van der Waals surface area contributed by atoms with E-state index >= 15 is 0 Å². The van der Waals surface area contributed by atoms with Gasteiger partial charge in [-0.2, -0.15) is 0 Å². The van der Waals surface area contributed by atoms with E-state index in [1.807, 2.05) is 0 Å². The van der Waals surface area contributed by atoms with Gasteiger partial charge in [0, 0.05) is 12.6 Å². The normalized spacial score (nSPS) is 11.9. The molecule has 0 radical (unpaired) electrons. The fourth-order valence-electron chi connectivity index (χ4n) is 0.643. The Kier molecular flexibility index (Phi) is 3.47. The van der Waals surface area contributed by atoms with E-state index in [0.717, 1.165) is 4.90 Å². The molecule has 0 aliphatic rings. The number of hydrogen-bond acceptors (Lipinski definition) is 2. The molecule has 12 heavy (non-hydrogen) atoms. The molecular weight excluding hydrogens is 158 g/mol. The molecule has 4 heteroatoms. The molecule has 0 saturated heterocycles. The molecule has 68 valence electrons. The van der Waals surface area contributed by atoms with Gasteiger partial charge >= 0.3 is 5.97 Å². The standard InChI is InChI=1S/C8H13NO3/c1-5(2)7(10)9(4)6(3)8(11)12/h6H,1H2,2-4H3,(H,11,12). The highest BCUT2D eigenvalue weighted by Gasteiger charge is 2.21. The smallest absolute Gasteiger partial charge is 0.326 e. The molecule has 0 aromatic carbocycles. The Morgan fingerprint density at radius 1 is 1.50 bits per heavy atom. The van der Waals surface area contributed by atoms with Crippen LogP contribution in [0.25, 0.3) is 0 Å². The highest BCUT2D eigenvalue weighted by Crippen LogP contribution is 2.01. The molecule has 0 heterocycles. The molecular formula is C8H13NO3. The average molecular weight is 171 g/mol.